The molecule has 1 aromatic carbocycles. The molecule has 0 aromatic heterocycles. The fourth-order valence-corrected chi connectivity index (χ4v) is 2.80. The van der Waals surface area contributed by atoms with Gasteiger partial charge >= 0.3 is 0 Å². The third-order valence-electron chi connectivity index (χ3n) is 4.20. The maximum atomic E-state index is 11.9. The average Bonchev–Trinajstić information content (AvgIpc) is 2.59. The second-order valence-electron chi connectivity index (χ2n) is 6.14. The third-order valence-corrected chi connectivity index (χ3v) is 4.20. The number of halogens is 1. The number of piperidine rings is 1. The minimum atomic E-state index is -0.0788. The van der Waals surface area contributed by atoms with E-state index < -0.39 is 0 Å². The Morgan fingerprint density at radius 3 is 2.75 bits per heavy atom. The Morgan fingerprint density at radius 1 is 1.33 bits per heavy atom. The number of carbonyl (C=O) groups excluding carboxylic acids is 1. The van der Waals surface area contributed by atoms with Crippen LogP contribution in [-0.4, -0.2) is 38.8 Å². The van der Waals surface area contributed by atoms with E-state index in [1.807, 2.05) is 31.2 Å². The van der Waals surface area contributed by atoms with E-state index in [1.165, 1.54) is 12.8 Å². The summed E-state index contributed by atoms with van der Waals surface area (Å²) < 4.78 is 11.0. The van der Waals surface area contributed by atoms with Crippen molar-refractivity contribution in [1.82, 2.24) is 10.6 Å². The number of amides is 1. The molecule has 2 rings (SSSR count). The van der Waals surface area contributed by atoms with Crippen LogP contribution in [0.5, 0.6) is 11.5 Å². The molecule has 0 radical (unpaired) electrons. The zero-order valence-electron chi connectivity index (χ0n) is 14.5. The van der Waals surface area contributed by atoms with E-state index in [4.69, 9.17) is 9.47 Å². The van der Waals surface area contributed by atoms with Gasteiger partial charge < -0.3 is 20.1 Å². The Kier molecular flexibility index (Phi) is 9.57. The van der Waals surface area contributed by atoms with Crippen LogP contribution >= 0.6 is 12.4 Å². The summed E-state index contributed by atoms with van der Waals surface area (Å²) in [6, 6.07) is 7.49. The number of carbonyl (C=O) groups is 1. The molecule has 1 atom stereocenters. The summed E-state index contributed by atoms with van der Waals surface area (Å²) in [4.78, 5) is 11.9. The highest BCUT2D eigenvalue weighted by atomic mass is 35.5. The van der Waals surface area contributed by atoms with E-state index in [0.29, 0.717) is 18.9 Å². The van der Waals surface area contributed by atoms with E-state index in [-0.39, 0.29) is 24.4 Å². The van der Waals surface area contributed by atoms with Gasteiger partial charge in [0.05, 0.1) is 13.7 Å². The van der Waals surface area contributed by atoms with Crippen LogP contribution in [-0.2, 0) is 4.79 Å². The van der Waals surface area contributed by atoms with Gasteiger partial charge in [0.15, 0.2) is 0 Å². The fourth-order valence-electron chi connectivity index (χ4n) is 2.80. The van der Waals surface area contributed by atoms with Gasteiger partial charge in [0.1, 0.15) is 17.6 Å². The molecule has 1 aliphatic heterocycles. The molecule has 1 saturated heterocycles. The standard InChI is InChI=1S/C18H28N2O3.ClH/c1-14(23-17-5-3-4-16(12-17)22-2)13-20-18(21)7-6-15-8-10-19-11-9-15;/h3-5,12,14-15,19H,6-11,13H2,1-2H3,(H,20,21);1H. The summed E-state index contributed by atoms with van der Waals surface area (Å²) in [6.45, 7) is 4.63. The molecule has 1 heterocycles. The number of ether oxygens (including phenoxy) is 2. The molecule has 1 fully saturated rings. The molecule has 136 valence electrons. The van der Waals surface area contributed by atoms with Gasteiger partial charge in [0.25, 0.3) is 0 Å². The predicted molar refractivity (Wildman–Crippen MR) is 98.2 cm³/mol. The summed E-state index contributed by atoms with van der Waals surface area (Å²) in [6.07, 6.45) is 3.88. The second-order valence-corrected chi connectivity index (χ2v) is 6.14. The van der Waals surface area contributed by atoms with Crippen molar-refractivity contribution >= 4 is 18.3 Å². The van der Waals surface area contributed by atoms with E-state index in [2.05, 4.69) is 10.6 Å². The highest BCUT2D eigenvalue weighted by molar-refractivity contribution is 5.85. The summed E-state index contributed by atoms with van der Waals surface area (Å²) in [5.41, 5.74) is 0. The number of nitrogens with one attached hydrogen (secondary N) is 2. The van der Waals surface area contributed by atoms with Crippen LogP contribution in [0.25, 0.3) is 0 Å². The molecule has 0 saturated carbocycles. The number of hydrogen-bond donors (Lipinski definition) is 2. The van der Waals surface area contributed by atoms with Gasteiger partial charge in [0.2, 0.25) is 5.91 Å². The smallest absolute Gasteiger partial charge is 0.220 e. The highest BCUT2D eigenvalue weighted by Crippen LogP contribution is 2.20. The summed E-state index contributed by atoms with van der Waals surface area (Å²) in [5.74, 6) is 2.32. The van der Waals surface area contributed by atoms with Crippen molar-refractivity contribution in [1.29, 1.82) is 0 Å². The SMILES string of the molecule is COc1cccc(OC(C)CNC(=O)CCC2CCNCC2)c1.Cl. The average molecular weight is 357 g/mol. The lowest BCUT2D eigenvalue weighted by atomic mass is 9.93. The third kappa shape index (κ3) is 7.41. The molecule has 2 N–H and O–H groups in total. The van der Waals surface area contributed by atoms with Crippen molar-refractivity contribution in [2.45, 2.75) is 38.7 Å². The summed E-state index contributed by atoms with van der Waals surface area (Å²) in [5, 5.41) is 6.31. The largest absolute Gasteiger partial charge is 0.497 e. The van der Waals surface area contributed by atoms with Gasteiger partial charge in [-0.05, 0) is 57.3 Å². The van der Waals surface area contributed by atoms with Crippen LogP contribution in [0.4, 0.5) is 0 Å². The van der Waals surface area contributed by atoms with Crippen LogP contribution < -0.4 is 20.1 Å². The number of methoxy groups -OCH3 is 1. The van der Waals surface area contributed by atoms with Crippen LogP contribution in [0.2, 0.25) is 0 Å². The van der Waals surface area contributed by atoms with Gasteiger partial charge in [-0.25, -0.2) is 0 Å². The lowest BCUT2D eigenvalue weighted by Crippen LogP contribution is -2.34. The van der Waals surface area contributed by atoms with E-state index in [1.54, 1.807) is 7.11 Å². The first kappa shape index (κ1) is 20.6. The van der Waals surface area contributed by atoms with Crippen molar-refractivity contribution in [3.05, 3.63) is 24.3 Å². The monoisotopic (exact) mass is 356 g/mol. The molecule has 6 heteroatoms. The zero-order chi connectivity index (χ0) is 16.5. The van der Waals surface area contributed by atoms with Gasteiger partial charge in [-0.1, -0.05) is 6.07 Å². The second kappa shape index (κ2) is 11.2. The maximum absolute atomic E-state index is 11.9. The number of rotatable bonds is 8. The minimum absolute atomic E-state index is 0. The molecule has 5 nitrogen and oxygen atoms in total. The normalized spacial score (nSPS) is 15.9. The van der Waals surface area contributed by atoms with Gasteiger partial charge in [0, 0.05) is 12.5 Å². The zero-order valence-corrected chi connectivity index (χ0v) is 15.4. The Hall–Kier alpha value is -1.46. The summed E-state index contributed by atoms with van der Waals surface area (Å²) >= 11 is 0. The molecule has 1 unspecified atom stereocenters. The van der Waals surface area contributed by atoms with E-state index >= 15 is 0 Å². The topological polar surface area (TPSA) is 59.6 Å². The highest BCUT2D eigenvalue weighted by Gasteiger charge is 2.15. The first-order chi connectivity index (χ1) is 11.2. The van der Waals surface area contributed by atoms with Crippen LogP contribution in [0.3, 0.4) is 0 Å². The van der Waals surface area contributed by atoms with Gasteiger partial charge in [-0.3, -0.25) is 4.79 Å². The molecular weight excluding hydrogens is 328 g/mol. The van der Waals surface area contributed by atoms with E-state index in [9.17, 15) is 4.79 Å². The Bertz CT molecular complexity index is 493. The first-order valence-corrected chi connectivity index (χ1v) is 8.45. The fraction of sp³-hybridized carbons (Fsp3) is 0.611. The molecule has 1 aliphatic rings. The lowest BCUT2D eigenvalue weighted by molar-refractivity contribution is -0.121. The molecule has 0 spiro atoms. The van der Waals surface area contributed by atoms with Gasteiger partial charge in [-0.15, -0.1) is 12.4 Å². The van der Waals surface area contributed by atoms with Crippen molar-refractivity contribution in [2.75, 3.05) is 26.7 Å². The number of benzene rings is 1. The molecule has 1 aromatic rings. The predicted octanol–water partition coefficient (Wildman–Crippen LogP) is 2.78. The summed E-state index contributed by atoms with van der Waals surface area (Å²) in [7, 11) is 1.63. The molecule has 0 aliphatic carbocycles. The van der Waals surface area contributed by atoms with Crippen molar-refractivity contribution in [2.24, 2.45) is 5.92 Å². The van der Waals surface area contributed by atoms with Gasteiger partial charge in [-0.2, -0.15) is 0 Å². The number of hydrogen-bond acceptors (Lipinski definition) is 4. The Morgan fingerprint density at radius 2 is 2.04 bits per heavy atom. The minimum Gasteiger partial charge on any atom is -0.497 e. The Balaban J connectivity index is 0.00000288. The van der Waals surface area contributed by atoms with Crippen molar-refractivity contribution in [3.8, 4) is 11.5 Å². The van der Waals surface area contributed by atoms with Crippen LogP contribution in [0.15, 0.2) is 24.3 Å². The van der Waals surface area contributed by atoms with E-state index in [0.717, 1.165) is 31.0 Å². The maximum Gasteiger partial charge on any atom is 0.220 e. The van der Waals surface area contributed by atoms with Crippen LogP contribution in [0.1, 0.15) is 32.6 Å². The van der Waals surface area contributed by atoms with Crippen molar-refractivity contribution < 1.29 is 14.3 Å². The molecule has 1 amide bonds. The molecule has 24 heavy (non-hydrogen) atoms. The first-order valence-electron chi connectivity index (χ1n) is 8.45. The quantitative estimate of drug-likeness (QED) is 0.752. The Labute approximate surface area is 150 Å². The van der Waals surface area contributed by atoms with Crippen molar-refractivity contribution in [3.63, 3.8) is 0 Å². The molecular formula is C18H29ClN2O3. The molecule has 0 bridgehead atoms. The van der Waals surface area contributed by atoms with Crippen LogP contribution in [0, 0.1) is 5.92 Å². The lowest BCUT2D eigenvalue weighted by Gasteiger charge is -2.22.